The van der Waals surface area contributed by atoms with Crippen molar-refractivity contribution in [3.63, 3.8) is 0 Å². The van der Waals surface area contributed by atoms with Gasteiger partial charge in [-0.3, -0.25) is 4.79 Å². The van der Waals surface area contributed by atoms with Crippen molar-refractivity contribution < 1.29 is 9.53 Å². The Bertz CT molecular complexity index is 309. The van der Waals surface area contributed by atoms with Crippen LogP contribution in [0.3, 0.4) is 0 Å². The van der Waals surface area contributed by atoms with Crippen LogP contribution in [-0.4, -0.2) is 11.3 Å². The van der Waals surface area contributed by atoms with Crippen LogP contribution in [-0.2, 0) is 15.1 Å². The van der Waals surface area contributed by atoms with Gasteiger partial charge in [-0.25, -0.2) is 0 Å². The summed E-state index contributed by atoms with van der Waals surface area (Å²) in [7, 11) is 0. The normalized spacial score (nSPS) is 27.6. The molecular weight excluding hydrogens is 252 g/mol. The number of cyclic esters (lactones) is 1. The van der Waals surface area contributed by atoms with E-state index in [0.717, 1.165) is 11.3 Å². The van der Waals surface area contributed by atoms with Gasteiger partial charge in [0.25, 0.3) is 0 Å². The second-order valence-electron chi connectivity index (χ2n) is 3.08. The third-order valence-electron chi connectivity index (χ3n) is 2.23. The summed E-state index contributed by atoms with van der Waals surface area (Å²) in [5.74, 6) is -0.0900. The molecule has 2 heterocycles. The van der Waals surface area contributed by atoms with E-state index in [1.807, 2.05) is 17.5 Å². The zero-order valence-corrected chi connectivity index (χ0v) is 9.36. The molecule has 2 nitrogen and oxygen atoms in total. The molecule has 0 aliphatic carbocycles. The smallest absolute Gasteiger partial charge is 0.306 e. The summed E-state index contributed by atoms with van der Waals surface area (Å²) in [4.78, 5) is 12.2. The van der Waals surface area contributed by atoms with Crippen LogP contribution < -0.4 is 0 Å². The van der Waals surface area contributed by atoms with Gasteiger partial charge in [0.05, 0.1) is 0 Å². The fourth-order valence-corrected chi connectivity index (χ4v) is 3.27. The van der Waals surface area contributed by atoms with Crippen molar-refractivity contribution >= 4 is 33.2 Å². The van der Waals surface area contributed by atoms with Crippen LogP contribution in [0.2, 0.25) is 0 Å². The quantitative estimate of drug-likeness (QED) is 0.604. The summed E-state index contributed by atoms with van der Waals surface area (Å²) in [6.45, 7) is 0. The molecule has 4 heteroatoms. The summed E-state index contributed by atoms with van der Waals surface area (Å²) in [6, 6.07) is 4.00. The van der Waals surface area contributed by atoms with E-state index < -0.39 is 0 Å². The van der Waals surface area contributed by atoms with E-state index in [1.54, 1.807) is 11.3 Å². The number of hydrogen-bond acceptors (Lipinski definition) is 3. The van der Waals surface area contributed by atoms with Crippen molar-refractivity contribution in [2.75, 3.05) is 5.33 Å². The molecule has 0 aromatic carbocycles. The first-order chi connectivity index (χ1) is 6.27. The van der Waals surface area contributed by atoms with E-state index in [-0.39, 0.29) is 11.6 Å². The first-order valence-electron chi connectivity index (χ1n) is 4.09. The minimum absolute atomic E-state index is 0.0900. The zero-order chi connectivity index (χ0) is 9.31. The van der Waals surface area contributed by atoms with Gasteiger partial charge in [-0.15, -0.1) is 11.3 Å². The Kier molecular flexibility index (Phi) is 2.43. The molecule has 13 heavy (non-hydrogen) atoms. The van der Waals surface area contributed by atoms with Crippen LogP contribution in [0, 0.1) is 0 Å². The summed E-state index contributed by atoms with van der Waals surface area (Å²) in [6.07, 6.45) is 1.32. The number of alkyl halides is 1. The van der Waals surface area contributed by atoms with Gasteiger partial charge in [-0.05, 0) is 11.4 Å². The molecule has 2 rings (SSSR count). The third-order valence-corrected chi connectivity index (χ3v) is 4.19. The van der Waals surface area contributed by atoms with E-state index in [0.29, 0.717) is 11.8 Å². The second-order valence-corrected chi connectivity index (χ2v) is 4.59. The summed E-state index contributed by atoms with van der Waals surface area (Å²) in [5.41, 5.74) is -0.384. The van der Waals surface area contributed by atoms with Crippen LogP contribution in [0.15, 0.2) is 17.5 Å². The van der Waals surface area contributed by atoms with Crippen molar-refractivity contribution in [2.45, 2.75) is 18.4 Å². The van der Waals surface area contributed by atoms with Crippen molar-refractivity contribution in [1.82, 2.24) is 0 Å². The fourth-order valence-electron chi connectivity index (χ4n) is 1.50. The van der Waals surface area contributed by atoms with Gasteiger partial charge < -0.3 is 4.74 Å². The van der Waals surface area contributed by atoms with Gasteiger partial charge in [-0.2, -0.15) is 0 Å². The Morgan fingerprint density at radius 3 is 3.00 bits per heavy atom. The maximum atomic E-state index is 11.1. The third kappa shape index (κ3) is 1.53. The number of ether oxygens (including phenoxy) is 1. The van der Waals surface area contributed by atoms with Crippen LogP contribution in [0.4, 0.5) is 0 Å². The zero-order valence-electron chi connectivity index (χ0n) is 6.96. The SMILES string of the molecule is O=C1CC[C@](CBr)(c2cccs2)O1. The lowest BCUT2D eigenvalue weighted by molar-refractivity contribution is -0.147. The van der Waals surface area contributed by atoms with Crippen LogP contribution in [0.1, 0.15) is 17.7 Å². The first-order valence-corrected chi connectivity index (χ1v) is 6.09. The average Bonchev–Trinajstić information content (AvgIpc) is 2.73. The lowest BCUT2D eigenvalue weighted by Crippen LogP contribution is -2.26. The molecule has 0 N–H and O–H groups in total. The molecule has 0 amide bonds. The molecule has 1 aromatic rings. The van der Waals surface area contributed by atoms with Gasteiger partial charge in [-0.1, -0.05) is 22.0 Å². The molecule has 0 unspecified atom stereocenters. The molecule has 1 atom stereocenters. The van der Waals surface area contributed by atoms with Crippen molar-refractivity contribution in [1.29, 1.82) is 0 Å². The van der Waals surface area contributed by atoms with Crippen LogP contribution in [0.5, 0.6) is 0 Å². The predicted octanol–water partition coefficient (Wildman–Crippen LogP) is 2.68. The number of thiophene rings is 1. The highest BCUT2D eigenvalue weighted by Crippen LogP contribution is 2.40. The molecule has 0 saturated carbocycles. The molecule has 0 radical (unpaired) electrons. The maximum Gasteiger partial charge on any atom is 0.306 e. The monoisotopic (exact) mass is 260 g/mol. The Hall–Kier alpha value is -0.350. The lowest BCUT2D eigenvalue weighted by atomic mass is 10.0. The Balaban J connectivity index is 2.31. The number of carbonyl (C=O) groups excluding carboxylic acids is 1. The van der Waals surface area contributed by atoms with Gasteiger partial charge in [0.15, 0.2) is 5.60 Å². The topological polar surface area (TPSA) is 26.3 Å². The number of halogens is 1. The summed E-state index contributed by atoms with van der Waals surface area (Å²) >= 11 is 5.05. The lowest BCUT2D eigenvalue weighted by Gasteiger charge is -2.23. The van der Waals surface area contributed by atoms with Crippen LogP contribution in [0.25, 0.3) is 0 Å². The van der Waals surface area contributed by atoms with E-state index in [9.17, 15) is 4.79 Å². The minimum atomic E-state index is -0.384. The minimum Gasteiger partial charge on any atom is -0.452 e. The van der Waals surface area contributed by atoms with Gasteiger partial charge in [0.2, 0.25) is 0 Å². The number of esters is 1. The van der Waals surface area contributed by atoms with E-state index >= 15 is 0 Å². The molecule has 0 spiro atoms. The van der Waals surface area contributed by atoms with Crippen molar-refractivity contribution in [3.8, 4) is 0 Å². The van der Waals surface area contributed by atoms with Gasteiger partial charge in [0, 0.05) is 23.0 Å². The first kappa shape index (κ1) is 9.21. The highest BCUT2D eigenvalue weighted by atomic mass is 79.9. The molecule has 1 fully saturated rings. The van der Waals surface area contributed by atoms with Gasteiger partial charge >= 0.3 is 5.97 Å². The molecule has 1 saturated heterocycles. The summed E-state index contributed by atoms with van der Waals surface area (Å²) in [5, 5.41) is 2.69. The van der Waals surface area contributed by atoms with Crippen LogP contribution >= 0.6 is 27.3 Å². The second kappa shape index (κ2) is 3.42. The molecule has 1 aliphatic rings. The molecule has 1 aromatic heterocycles. The van der Waals surface area contributed by atoms with E-state index in [4.69, 9.17) is 4.74 Å². The molecule has 70 valence electrons. The highest BCUT2D eigenvalue weighted by Gasteiger charge is 2.41. The maximum absolute atomic E-state index is 11.1. The standard InChI is InChI=1S/C9H9BrO2S/c10-6-9(4-3-8(11)12-9)7-2-1-5-13-7/h1-2,5H,3-4,6H2/t9-/m0/s1. The van der Waals surface area contributed by atoms with Crippen molar-refractivity contribution in [2.24, 2.45) is 0 Å². The largest absolute Gasteiger partial charge is 0.452 e. The molecule has 1 aliphatic heterocycles. The van der Waals surface area contributed by atoms with Gasteiger partial charge in [0.1, 0.15) is 0 Å². The molecule has 0 bridgehead atoms. The van der Waals surface area contributed by atoms with E-state index in [2.05, 4.69) is 15.9 Å². The summed E-state index contributed by atoms with van der Waals surface area (Å²) < 4.78 is 5.37. The Morgan fingerprint density at radius 1 is 1.69 bits per heavy atom. The Morgan fingerprint density at radius 2 is 2.54 bits per heavy atom. The molecular formula is C9H9BrO2S. The highest BCUT2D eigenvalue weighted by molar-refractivity contribution is 9.09. The number of carbonyl (C=O) groups is 1. The fraction of sp³-hybridized carbons (Fsp3) is 0.444. The number of hydrogen-bond donors (Lipinski definition) is 0. The Labute approximate surface area is 89.0 Å². The van der Waals surface area contributed by atoms with E-state index in [1.165, 1.54) is 0 Å². The average molecular weight is 261 g/mol. The number of rotatable bonds is 2. The van der Waals surface area contributed by atoms with Crippen molar-refractivity contribution in [3.05, 3.63) is 22.4 Å². The predicted molar refractivity (Wildman–Crippen MR) is 55.1 cm³/mol.